The summed E-state index contributed by atoms with van der Waals surface area (Å²) in [5, 5.41) is 11.7. The maximum atomic E-state index is 12.2. The Kier molecular flexibility index (Phi) is 7.05. The fourth-order valence-corrected chi connectivity index (χ4v) is 2.74. The summed E-state index contributed by atoms with van der Waals surface area (Å²) in [7, 11) is 1.40. The molecule has 0 amide bonds. The topological polar surface area (TPSA) is 74.5 Å². The van der Waals surface area contributed by atoms with Crippen LogP contribution >= 0.6 is 11.8 Å². The number of amidine groups is 1. The predicted molar refractivity (Wildman–Crippen MR) is 101 cm³/mol. The largest absolute Gasteiger partial charge is 0.469 e. The third-order valence-electron chi connectivity index (χ3n) is 3.65. The van der Waals surface area contributed by atoms with Gasteiger partial charge in [-0.25, -0.2) is 4.99 Å². The van der Waals surface area contributed by atoms with Crippen molar-refractivity contribution in [2.45, 2.75) is 12.3 Å². The first-order chi connectivity index (χ1) is 12.2. The molecular weight excluding hydrogens is 334 g/mol. The van der Waals surface area contributed by atoms with Gasteiger partial charge < -0.3 is 4.74 Å². The maximum Gasteiger partial charge on any atom is 0.313 e. The van der Waals surface area contributed by atoms with Gasteiger partial charge in [0.05, 0.1) is 18.7 Å². The summed E-state index contributed by atoms with van der Waals surface area (Å²) in [5.74, 6) is -0.598. The van der Waals surface area contributed by atoms with Crippen molar-refractivity contribution in [1.82, 2.24) is 5.32 Å². The fraction of sp³-hybridized carbons (Fsp3) is 0.211. The van der Waals surface area contributed by atoms with Crippen LogP contribution in [0.1, 0.15) is 17.0 Å². The Hall–Kier alpha value is -2.78. The van der Waals surface area contributed by atoms with Crippen molar-refractivity contribution in [3.05, 3.63) is 65.7 Å². The SMILES string of the molecule is COC(=O)C(Cc1ccc(N=C(NC#N)SC)cc1)c1ccccc1. The van der Waals surface area contributed by atoms with E-state index in [1.807, 2.05) is 67.0 Å². The number of nitrogens with one attached hydrogen (secondary N) is 1. The normalized spacial score (nSPS) is 12.1. The van der Waals surface area contributed by atoms with E-state index in [4.69, 9.17) is 10.00 Å². The second kappa shape index (κ2) is 9.50. The molecule has 0 saturated heterocycles. The molecule has 0 aliphatic rings. The Morgan fingerprint density at radius 3 is 2.48 bits per heavy atom. The van der Waals surface area contributed by atoms with Crippen molar-refractivity contribution >= 4 is 28.6 Å². The van der Waals surface area contributed by atoms with E-state index in [9.17, 15) is 4.79 Å². The summed E-state index contributed by atoms with van der Waals surface area (Å²) in [6, 6.07) is 17.2. The number of aliphatic imine (C=N–C) groups is 1. The zero-order valence-corrected chi connectivity index (χ0v) is 14.9. The molecule has 0 spiro atoms. The minimum absolute atomic E-state index is 0.254. The number of thioether (sulfide) groups is 1. The van der Waals surface area contributed by atoms with Crippen LogP contribution in [0.2, 0.25) is 0 Å². The number of carbonyl (C=O) groups excluding carboxylic acids is 1. The number of hydrogen-bond donors (Lipinski definition) is 1. The van der Waals surface area contributed by atoms with Crippen molar-refractivity contribution in [2.24, 2.45) is 4.99 Å². The summed E-state index contributed by atoms with van der Waals surface area (Å²) in [5.41, 5.74) is 2.68. The average molecular weight is 353 g/mol. The van der Waals surface area contributed by atoms with Crippen molar-refractivity contribution in [3.63, 3.8) is 0 Å². The minimum atomic E-state index is -0.345. The molecule has 0 bridgehead atoms. The molecule has 25 heavy (non-hydrogen) atoms. The lowest BCUT2D eigenvalue weighted by molar-refractivity contribution is -0.142. The summed E-state index contributed by atoms with van der Waals surface area (Å²) >= 11 is 1.36. The van der Waals surface area contributed by atoms with Crippen LogP contribution in [0.4, 0.5) is 5.69 Å². The molecule has 2 aromatic carbocycles. The highest BCUT2D eigenvalue weighted by atomic mass is 32.2. The molecule has 0 aliphatic carbocycles. The number of nitrogens with zero attached hydrogens (tertiary/aromatic N) is 2. The Labute approximate surface area is 151 Å². The van der Waals surface area contributed by atoms with Crippen molar-refractivity contribution in [2.75, 3.05) is 13.4 Å². The average Bonchev–Trinajstić information content (AvgIpc) is 2.67. The lowest BCUT2D eigenvalue weighted by Gasteiger charge is -2.15. The number of nitriles is 1. The highest BCUT2D eigenvalue weighted by Crippen LogP contribution is 2.24. The second-order valence-electron chi connectivity index (χ2n) is 5.21. The van der Waals surface area contributed by atoms with E-state index in [-0.39, 0.29) is 11.9 Å². The smallest absolute Gasteiger partial charge is 0.313 e. The predicted octanol–water partition coefficient (Wildman–Crippen LogP) is 3.61. The molecule has 1 atom stereocenters. The van der Waals surface area contributed by atoms with Gasteiger partial charge in [-0.2, -0.15) is 5.26 Å². The van der Waals surface area contributed by atoms with Crippen molar-refractivity contribution in [1.29, 1.82) is 5.26 Å². The highest BCUT2D eigenvalue weighted by molar-refractivity contribution is 8.13. The Morgan fingerprint density at radius 1 is 1.24 bits per heavy atom. The van der Waals surface area contributed by atoms with Gasteiger partial charge in [-0.05, 0) is 35.9 Å². The highest BCUT2D eigenvalue weighted by Gasteiger charge is 2.21. The lowest BCUT2D eigenvalue weighted by Crippen LogP contribution is -2.16. The van der Waals surface area contributed by atoms with Crippen LogP contribution in [0.5, 0.6) is 0 Å². The number of methoxy groups -OCH3 is 1. The van der Waals surface area contributed by atoms with E-state index >= 15 is 0 Å². The standard InChI is InChI=1S/C19H19N3O2S/c1-24-18(23)17(15-6-4-3-5-7-15)12-14-8-10-16(11-9-14)22-19(25-2)21-13-20/h3-11,17H,12H2,1-2H3,(H,21,22). The molecule has 5 nitrogen and oxygen atoms in total. The summed E-state index contributed by atoms with van der Waals surface area (Å²) in [6.07, 6.45) is 4.25. The number of esters is 1. The van der Waals surface area contributed by atoms with Gasteiger partial charge in [0.2, 0.25) is 0 Å². The van der Waals surface area contributed by atoms with Gasteiger partial charge >= 0.3 is 5.97 Å². The molecule has 2 rings (SSSR count). The molecule has 0 aromatic heterocycles. The first kappa shape index (κ1) is 18.6. The summed E-state index contributed by atoms with van der Waals surface area (Å²) < 4.78 is 4.95. The van der Waals surface area contributed by atoms with Gasteiger partial charge in [-0.15, -0.1) is 0 Å². The Morgan fingerprint density at radius 2 is 1.92 bits per heavy atom. The first-order valence-electron chi connectivity index (χ1n) is 7.67. The van der Waals surface area contributed by atoms with Crippen molar-refractivity contribution in [3.8, 4) is 6.19 Å². The minimum Gasteiger partial charge on any atom is -0.469 e. The van der Waals surface area contributed by atoms with Gasteiger partial charge in [-0.1, -0.05) is 54.2 Å². The monoisotopic (exact) mass is 353 g/mol. The second-order valence-corrected chi connectivity index (χ2v) is 6.01. The van der Waals surface area contributed by atoms with Gasteiger partial charge in [0, 0.05) is 0 Å². The van der Waals surface area contributed by atoms with E-state index < -0.39 is 0 Å². The van der Waals surface area contributed by atoms with Crippen LogP contribution in [0.25, 0.3) is 0 Å². The van der Waals surface area contributed by atoms with Crippen LogP contribution in [-0.4, -0.2) is 24.5 Å². The Balaban J connectivity index is 2.18. The molecule has 1 unspecified atom stereocenters. The molecule has 6 heteroatoms. The zero-order valence-electron chi connectivity index (χ0n) is 14.1. The van der Waals surface area contributed by atoms with Gasteiger partial charge in [0.25, 0.3) is 0 Å². The molecule has 2 aromatic rings. The molecular formula is C19H19N3O2S. The molecule has 0 heterocycles. The fourth-order valence-electron chi connectivity index (χ4n) is 2.40. The van der Waals surface area contributed by atoms with Crippen LogP contribution in [-0.2, 0) is 16.0 Å². The third-order valence-corrected chi connectivity index (χ3v) is 4.23. The third kappa shape index (κ3) is 5.37. The van der Waals surface area contributed by atoms with Crippen LogP contribution in [0.15, 0.2) is 59.6 Å². The quantitative estimate of drug-likeness (QED) is 0.292. The lowest BCUT2D eigenvalue weighted by atomic mass is 9.92. The number of ether oxygens (including phenoxy) is 1. The number of benzene rings is 2. The van der Waals surface area contributed by atoms with E-state index in [0.717, 1.165) is 16.8 Å². The number of hydrogen-bond acceptors (Lipinski definition) is 5. The zero-order chi connectivity index (χ0) is 18.1. The molecule has 0 aliphatic heterocycles. The molecule has 128 valence electrons. The Bertz CT molecular complexity index is 768. The van der Waals surface area contributed by atoms with E-state index in [1.54, 1.807) is 0 Å². The number of carbonyl (C=O) groups is 1. The molecule has 0 saturated carbocycles. The van der Waals surface area contributed by atoms with Gasteiger partial charge in [-0.3, -0.25) is 10.1 Å². The van der Waals surface area contributed by atoms with E-state index in [1.165, 1.54) is 18.9 Å². The summed E-state index contributed by atoms with van der Waals surface area (Å²) in [6.45, 7) is 0. The number of rotatable bonds is 5. The van der Waals surface area contributed by atoms with Crippen LogP contribution < -0.4 is 5.32 Å². The van der Waals surface area contributed by atoms with Gasteiger partial charge in [0.1, 0.15) is 0 Å². The van der Waals surface area contributed by atoms with Crippen LogP contribution in [0, 0.1) is 11.5 Å². The molecule has 0 fully saturated rings. The van der Waals surface area contributed by atoms with Gasteiger partial charge in [0.15, 0.2) is 11.4 Å². The molecule has 1 N–H and O–H groups in total. The maximum absolute atomic E-state index is 12.2. The van der Waals surface area contributed by atoms with Crippen molar-refractivity contribution < 1.29 is 9.53 Å². The van der Waals surface area contributed by atoms with E-state index in [0.29, 0.717) is 11.6 Å². The van der Waals surface area contributed by atoms with E-state index in [2.05, 4.69) is 10.3 Å². The van der Waals surface area contributed by atoms with Crippen LogP contribution in [0.3, 0.4) is 0 Å². The molecule has 0 radical (unpaired) electrons. The first-order valence-corrected chi connectivity index (χ1v) is 8.90. The summed E-state index contributed by atoms with van der Waals surface area (Å²) in [4.78, 5) is 16.5.